The van der Waals surface area contributed by atoms with E-state index in [-0.39, 0.29) is 18.5 Å². The molecule has 1 atom stereocenters. The number of rotatable bonds is 3. The van der Waals surface area contributed by atoms with Crippen LogP contribution >= 0.6 is 0 Å². The van der Waals surface area contributed by atoms with Crippen LogP contribution in [-0.4, -0.2) is 6.71 Å². The molecule has 1 unspecified atom stereocenters. The SMILES string of the molecule is CC(C)c1cc(C(C)C)c2c(c1)C(C)c1cccc3c1N(c1ccc4c(c1)B2c1cc(N2c5ccccc5Oc5ccccc52)ccc1O4)c1ccccc1O3. The van der Waals surface area contributed by atoms with Crippen LogP contribution < -0.4 is 40.4 Å². The summed E-state index contributed by atoms with van der Waals surface area (Å²) in [4.78, 5) is 4.74. The summed E-state index contributed by atoms with van der Waals surface area (Å²) in [5.74, 6) is 5.85. The summed E-state index contributed by atoms with van der Waals surface area (Å²) in [5.41, 5.74) is 15.3. The van der Waals surface area contributed by atoms with Gasteiger partial charge in [0.15, 0.2) is 23.0 Å². The van der Waals surface area contributed by atoms with Crippen molar-refractivity contribution in [3.05, 3.63) is 162 Å². The highest BCUT2D eigenvalue weighted by molar-refractivity contribution is 6.97. The first kappa shape index (κ1) is 33.0. The lowest BCUT2D eigenvalue weighted by molar-refractivity contribution is 0.475. The Hall–Kier alpha value is -6.40. The monoisotopic (exact) mass is 728 g/mol. The Balaban J connectivity index is 1.22. The van der Waals surface area contributed by atoms with Gasteiger partial charge in [0.1, 0.15) is 11.5 Å². The highest BCUT2D eigenvalue weighted by Gasteiger charge is 2.41. The van der Waals surface area contributed by atoms with Crippen molar-refractivity contribution in [2.24, 2.45) is 0 Å². The fourth-order valence-electron chi connectivity index (χ4n) is 9.41. The molecule has 0 spiro atoms. The highest BCUT2D eigenvalue weighted by Crippen LogP contribution is 2.55. The molecule has 2 bridgehead atoms. The van der Waals surface area contributed by atoms with Crippen molar-refractivity contribution in [1.82, 2.24) is 0 Å². The molecule has 272 valence electrons. The molecule has 4 aliphatic heterocycles. The van der Waals surface area contributed by atoms with Gasteiger partial charge in [0.25, 0.3) is 6.71 Å². The van der Waals surface area contributed by atoms with Gasteiger partial charge in [-0.05, 0) is 124 Å². The minimum absolute atomic E-state index is 0.0486. The maximum Gasteiger partial charge on any atom is 0.251 e. The number of para-hydroxylation sites is 7. The topological polar surface area (TPSA) is 34.2 Å². The summed E-state index contributed by atoms with van der Waals surface area (Å²) in [5, 5.41) is 0. The van der Waals surface area contributed by atoms with Crippen molar-refractivity contribution < 1.29 is 14.2 Å². The molecule has 0 radical (unpaired) electrons. The largest absolute Gasteiger partial charge is 0.458 e. The lowest BCUT2D eigenvalue weighted by atomic mass is 9.33. The number of fused-ring (bicyclic) bond motifs is 10. The van der Waals surface area contributed by atoms with Gasteiger partial charge in [-0.3, -0.25) is 0 Å². The van der Waals surface area contributed by atoms with E-state index in [9.17, 15) is 0 Å². The summed E-state index contributed by atoms with van der Waals surface area (Å²) in [6, 6.07) is 50.0. The van der Waals surface area contributed by atoms with E-state index in [1.807, 2.05) is 30.3 Å². The number of nitrogens with zero attached hydrogens (tertiary/aromatic N) is 2. The van der Waals surface area contributed by atoms with E-state index in [2.05, 4.69) is 154 Å². The Bertz CT molecular complexity index is 2710. The molecule has 0 aliphatic carbocycles. The van der Waals surface area contributed by atoms with Crippen LogP contribution in [0.1, 0.15) is 74.6 Å². The summed E-state index contributed by atoms with van der Waals surface area (Å²) in [6.45, 7) is 11.6. The number of hydrogen-bond acceptors (Lipinski definition) is 5. The van der Waals surface area contributed by atoms with Crippen LogP contribution in [0.15, 0.2) is 140 Å². The van der Waals surface area contributed by atoms with Gasteiger partial charge in [-0.25, -0.2) is 0 Å². The van der Waals surface area contributed by atoms with Crippen LogP contribution in [0.25, 0.3) is 0 Å². The Morgan fingerprint density at radius 1 is 0.482 bits per heavy atom. The average Bonchev–Trinajstić information content (AvgIpc) is 3.22. The third-order valence-corrected chi connectivity index (χ3v) is 12.1. The van der Waals surface area contributed by atoms with E-state index in [1.165, 1.54) is 27.7 Å². The molecule has 0 amide bonds. The predicted octanol–water partition coefficient (Wildman–Crippen LogP) is 12.2. The molecule has 0 N–H and O–H groups in total. The third kappa shape index (κ3) is 4.81. The maximum atomic E-state index is 6.95. The van der Waals surface area contributed by atoms with Gasteiger partial charge in [0.2, 0.25) is 0 Å². The normalized spacial score (nSPS) is 15.3. The van der Waals surface area contributed by atoms with Crippen molar-refractivity contribution in [3.63, 3.8) is 0 Å². The standard InChI is InChI=1S/C50H41BN2O3/c1-29(2)32-25-36(30(3)4)49-37(26-32)31(5)35-13-12-20-48-50(35)53(42-16-8-11-19-47(42)56-48)34-22-24-44-39(28-34)51(49)38-27-33(21-23-43(38)54-44)52-40-14-6-9-17-45(40)55-46-18-10-7-15-41(46)52/h6-31H,1-5H3. The van der Waals surface area contributed by atoms with Crippen LogP contribution in [0, 0.1) is 0 Å². The molecule has 7 aromatic rings. The second kappa shape index (κ2) is 12.3. The van der Waals surface area contributed by atoms with Crippen molar-refractivity contribution in [1.29, 1.82) is 0 Å². The Morgan fingerprint density at radius 2 is 1.00 bits per heavy atom. The molecule has 7 aromatic carbocycles. The Labute approximate surface area is 328 Å². The molecule has 4 aliphatic rings. The first-order chi connectivity index (χ1) is 27.3. The molecule has 0 fully saturated rings. The zero-order valence-electron chi connectivity index (χ0n) is 32.2. The lowest BCUT2D eigenvalue weighted by Crippen LogP contribution is -2.57. The molecule has 6 heteroatoms. The predicted molar refractivity (Wildman–Crippen MR) is 229 cm³/mol. The van der Waals surface area contributed by atoms with E-state index < -0.39 is 0 Å². The van der Waals surface area contributed by atoms with Crippen LogP contribution in [0.5, 0.6) is 34.5 Å². The van der Waals surface area contributed by atoms with Gasteiger partial charge >= 0.3 is 0 Å². The summed E-state index contributed by atoms with van der Waals surface area (Å²) >= 11 is 0. The second-order valence-electron chi connectivity index (χ2n) is 16.1. The van der Waals surface area contributed by atoms with Crippen LogP contribution in [-0.2, 0) is 0 Å². The first-order valence-electron chi connectivity index (χ1n) is 19.8. The molecule has 0 aromatic heterocycles. The average molecular weight is 729 g/mol. The Morgan fingerprint density at radius 3 is 1.59 bits per heavy atom. The summed E-state index contributed by atoms with van der Waals surface area (Å²) in [7, 11) is 0. The number of hydrogen-bond donors (Lipinski definition) is 0. The van der Waals surface area contributed by atoms with Crippen LogP contribution in [0.3, 0.4) is 0 Å². The minimum Gasteiger partial charge on any atom is -0.458 e. The van der Waals surface area contributed by atoms with Gasteiger partial charge in [-0.15, -0.1) is 0 Å². The van der Waals surface area contributed by atoms with Gasteiger partial charge in [-0.1, -0.05) is 101 Å². The zero-order valence-corrected chi connectivity index (χ0v) is 32.2. The van der Waals surface area contributed by atoms with Crippen molar-refractivity contribution in [2.45, 2.75) is 52.4 Å². The van der Waals surface area contributed by atoms with Crippen molar-refractivity contribution in [3.8, 4) is 34.5 Å². The van der Waals surface area contributed by atoms with Gasteiger partial charge < -0.3 is 24.0 Å². The maximum absolute atomic E-state index is 6.95. The molecular weight excluding hydrogens is 687 g/mol. The lowest BCUT2D eigenvalue weighted by Gasteiger charge is -2.39. The van der Waals surface area contributed by atoms with Crippen LogP contribution in [0.2, 0.25) is 0 Å². The molecule has 56 heavy (non-hydrogen) atoms. The molecular formula is C50H41BN2O3. The van der Waals surface area contributed by atoms with E-state index in [0.717, 1.165) is 79.5 Å². The molecule has 4 heterocycles. The zero-order chi connectivity index (χ0) is 37.8. The van der Waals surface area contributed by atoms with E-state index >= 15 is 0 Å². The van der Waals surface area contributed by atoms with Crippen molar-refractivity contribution >= 4 is 57.2 Å². The highest BCUT2D eigenvalue weighted by atomic mass is 16.5. The molecule has 0 saturated carbocycles. The number of benzene rings is 7. The van der Waals surface area contributed by atoms with Gasteiger partial charge in [0, 0.05) is 17.3 Å². The van der Waals surface area contributed by atoms with E-state index in [4.69, 9.17) is 14.2 Å². The fourth-order valence-corrected chi connectivity index (χ4v) is 9.41. The molecule has 0 saturated heterocycles. The summed E-state index contributed by atoms with van der Waals surface area (Å²) in [6.07, 6.45) is 0. The van der Waals surface area contributed by atoms with E-state index in [0.29, 0.717) is 5.92 Å². The molecule has 11 rings (SSSR count). The number of ether oxygens (including phenoxy) is 3. The Kier molecular flexibility index (Phi) is 7.25. The van der Waals surface area contributed by atoms with Gasteiger partial charge in [0.05, 0.1) is 22.7 Å². The number of anilines is 6. The summed E-state index contributed by atoms with van der Waals surface area (Å²) < 4.78 is 20.1. The smallest absolute Gasteiger partial charge is 0.251 e. The quantitative estimate of drug-likeness (QED) is 0.169. The van der Waals surface area contributed by atoms with Crippen LogP contribution in [0.4, 0.5) is 34.1 Å². The fraction of sp³-hybridized carbons (Fsp3) is 0.160. The van der Waals surface area contributed by atoms with Gasteiger partial charge in [-0.2, -0.15) is 0 Å². The molecule has 5 nitrogen and oxygen atoms in total. The van der Waals surface area contributed by atoms with Crippen molar-refractivity contribution in [2.75, 3.05) is 9.80 Å². The second-order valence-corrected chi connectivity index (χ2v) is 16.1. The van der Waals surface area contributed by atoms with E-state index in [1.54, 1.807) is 0 Å². The minimum atomic E-state index is -0.0998. The third-order valence-electron chi connectivity index (χ3n) is 12.1. The first-order valence-corrected chi connectivity index (χ1v) is 19.8.